The van der Waals surface area contributed by atoms with E-state index in [1.807, 2.05) is 13.0 Å². The standard InChI is InChI=1S/C10H12N2O2/c1-8-4-9(6-11-5-8)10-2-3-14-12(10)7-13/h4-7,10H,2-3H2,1H3/t10-/m0/s1. The number of carbonyl (C=O) groups excluding carboxylic acids is 1. The van der Waals surface area contributed by atoms with Crippen LogP contribution in [-0.2, 0) is 9.63 Å². The molecule has 1 fully saturated rings. The monoisotopic (exact) mass is 192 g/mol. The second kappa shape index (κ2) is 3.75. The largest absolute Gasteiger partial charge is 0.276 e. The highest BCUT2D eigenvalue weighted by molar-refractivity contribution is 5.47. The van der Waals surface area contributed by atoms with Gasteiger partial charge in [0.25, 0.3) is 0 Å². The summed E-state index contributed by atoms with van der Waals surface area (Å²) < 4.78 is 0. The normalized spacial score (nSPS) is 21.2. The van der Waals surface area contributed by atoms with Crippen molar-refractivity contribution < 1.29 is 9.63 Å². The Kier molecular flexibility index (Phi) is 2.45. The van der Waals surface area contributed by atoms with Gasteiger partial charge in [-0.3, -0.25) is 14.6 Å². The zero-order valence-electron chi connectivity index (χ0n) is 8.01. The van der Waals surface area contributed by atoms with Gasteiger partial charge in [0.2, 0.25) is 6.41 Å². The van der Waals surface area contributed by atoms with Crippen molar-refractivity contribution >= 4 is 6.41 Å². The van der Waals surface area contributed by atoms with E-state index in [-0.39, 0.29) is 6.04 Å². The average molecular weight is 192 g/mol. The van der Waals surface area contributed by atoms with Gasteiger partial charge in [-0.2, -0.15) is 0 Å². The molecule has 0 N–H and O–H groups in total. The summed E-state index contributed by atoms with van der Waals surface area (Å²) in [4.78, 5) is 19.9. The Morgan fingerprint density at radius 2 is 2.50 bits per heavy atom. The molecule has 1 saturated heterocycles. The van der Waals surface area contributed by atoms with Gasteiger partial charge >= 0.3 is 0 Å². The lowest BCUT2D eigenvalue weighted by molar-refractivity contribution is -0.161. The molecule has 1 amide bonds. The van der Waals surface area contributed by atoms with Crippen molar-refractivity contribution in [3.05, 3.63) is 29.6 Å². The molecule has 2 heterocycles. The SMILES string of the molecule is Cc1cncc([C@@H]2CCON2C=O)c1. The van der Waals surface area contributed by atoms with E-state index in [0.717, 1.165) is 24.0 Å². The van der Waals surface area contributed by atoms with Crippen molar-refractivity contribution in [2.24, 2.45) is 0 Å². The molecule has 1 aromatic heterocycles. The lowest BCUT2D eigenvalue weighted by atomic mass is 10.1. The first-order chi connectivity index (χ1) is 6.81. The highest BCUT2D eigenvalue weighted by Gasteiger charge is 2.26. The van der Waals surface area contributed by atoms with E-state index < -0.39 is 0 Å². The summed E-state index contributed by atoms with van der Waals surface area (Å²) in [6.45, 7) is 2.58. The highest BCUT2D eigenvalue weighted by Crippen LogP contribution is 2.28. The Bertz CT molecular complexity index is 341. The van der Waals surface area contributed by atoms with Gasteiger partial charge < -0.3 is 0 Å². The van der Waals surface area contributed by atoms with E-state index >= 15 is 0 Å². The lowest BCUT2D eigenvalue weighted by Crippen LogP contribution is -2.19. The van der Waals surface area contributed by atoms with E-state index in [1.165, 1.54) is 5.06 Å². The van der Waals surface area contributed by atoms with Gasteiger partial charge in [-0.1, -0.05) is 6.07 Å². The molecule has 1 aliphatic rings. The minimum absolute atomic E-state index is 0.0277. The number of nitrogens with zero attached hydrogens (tertiary/aromatic N) is 2. The summed E-state index contributed by atoms with van der Waals surface area (Å²) in [6, 6.07) is 2.06. The van der Waals surface area contributed by atoms with Gasteiger partial charge in [-0.15, -0.1) is 0 Å². The molecule has 0 bridgehead atoms. The number of aryl methyl sites for hydroxylation is 1. The fourth-order valence-corrected chi connectivity index (χ4v) is 1.67. The average Bonchev–Trinajstić information content (AvgIpc) is 2.65. The number of hydrogen-bond acceptors (Lipinski definition) is 3. The van der Waals surface area contributed by atoms with Gasteiger partial charge in [0.15, 0.2) is 0 Å². The van der Waals surface area contributed by atoms with Gasteiger partial charge in [-0.25, -0.2) is 5.06 Å². The van der Waals surface area contributed by atoms with Crippen LogP contribution in [0.5, 0.6) is 0 Å². The maximum Gasteiger partial charge on any atom is 0.233 e. The number of rotatable bonds is 2. The molecule has 1 atom stereocenters. The summed E-state index contributed by atoms with van der Waals surface area (Å²) in [5.41, 5.74) is 2.13. The maximum absolute atomic E-state index is 10.7. The van der Waals surface area contributed by atoms with E-state index in [2.05, 4.69) is 4.98 Å². The zero-order valence-corrected chi connectivity index (χ0v) is 8.01. The predicted molar refractivity (Wildman–Crippen MR) is 50.2 cm³/mol. The van der Waals surface area contributed by atoms with Crippen molar-refractivity contribution in [2.45, 2.75) is 19.4 Å². The predicted octanol–water partition coefficient (Wildman–Crippen LogP) is 1.22. The third kappa shape index (κ3) is 1.61. The first-order valence-corrected chi connectivity index (χ1v) is 4.59. The Balaban J connectivity index is 2.25. The van der Waals surface area contributed by atoms with Crippen LogP contribution in [0.15, 0.2) is 18.5 Å². The number of hydrogen-bond donors (Lipinski definition) is 0. The van der Waals surface area contributed by atoms with Crippen LogP contribution < -0.4 is 0 Å². The summed E-state index contributed by atoms with van der Waals surface area (Å²) in [7, 11) is 0. The molecule has 0 radical (unpaired) electrons. The van der Waals surface area contributed by atoms with E-state index in [0.29, 0.717) is 6.61 Å². The van der Waals surface area contributed by atoms with Crippen LogP contribution in [0.3, 0.4) is 0 Å². The molecule has 14 heavy (non-hydrogen) atoms. The van der Waals surface area contributed by atoms with Crippen LogP contribution in [0, 0.1) is 6.92 Å². The van der Waals surface area contributed by atoms with Crippen LogP contribution in [0.1, 0.15) is 23.6 Å². The molecule has 2 rings (SSSR count). The van der Waals surface area contributed by atoms with E-state index in [4.69, 9.17) is 4.84 Å². The second-order valence-corrected chi connectivity index (χ2v) is 3.40. The van der Waals surface area contributed by atoms with Crippen LogP contribution in [-0.4, -0.2) is 23.1 Å². The number of aromatic nitrogens is 1. The van der Waals surface area contributed by atoms with Crippen molar-refractivity contribution in [3.8, 4) is 0 Å². The summed E-state index contributed by atoms with van der Waals surface area (Å²) in [6.07, 6.45) is 5.14. The van der Waals surface area contributed by atoms with Crippen LogP contribution >= 0.6 is 0 Å². The summed E-state index contributed by atoms with van der Waals surface area (Å²) in [5, 5.41) is 1.36. The lowest BCUT2D eigenvalue weighted by Gasteiger charge is -2.17. The molecule has 0 saturated carbocycles. The Hall–Kier alpha value is -1.42. The molecule has 1 aliphatic heterocycles. The van der Waals surface area contributed by atoms with Gasteiger partial charge in [0.1, 0.15) is 0 Å². The van der Waals surface area contributed by atoms with E-state index in [9.17, 15) is 4.79 Å². The van der Waals surface area contributed by atoms with Crippen LogP contribution in [0.25, 0.3) is 0 Å². The number of pyridine rings is 1. The molecular weight excluding hydrogens is 180 g/mol. The fourth-order valence-electron chi connectivity index (χ4n) is 1.67. The molecule has 4 nitrogen and oxygen atoms in total. The van der Waals surface area contributed by atoms with E-state index in [1.54, 1.807) is 12.4 Å². The number of carbonyl (C=O) groups is 1. The molecule has 1 aromatic rings. The molecule has 0 aliphatic carbocycles. The Morgan fingerprint density at radius 1 is 1.64 bits per heavy atom. The van der Waals surface area contributed by atoms with Crippen molar-refractivity contribution in [1.29, 1.82) is 0 Å². The molecule has 4 heteroatoms. The molecular formula is C10H12N2O2. The zero-order chi connectivity index (χ0) is 9.97. The van der Waals surface area contributed by atoms with Gasteiger partial charge in [0.05, 0.1) is 12.6 Å². The van der Waals surface area contributed by atoms with Crippen molar-refractivity contribution in [1.82, 2.24) is 10.0 Å². The van der Waals surface area contributed by atoms with Crippen LogP contribution in [0.4, 0.5) is 0 Å². The van der Waals surface area contributed by atoms with Crippen molar-refractivity contribution in [2.75, 3.05) is 6.61 Å². The maximum atomic E-state index is 10.7. The minimum atomic E-state index is 0.0277. The molecule has 0 aromatic carbocycles. The smallest absolute Gasteiger partial charge is 0.233 e. The minimum Gasteiger partial charge on any atom is -0.276 e. The molecule has 0 spiro atoms. The summed E-state index contributed by atoms with van der Waals surface area (Å²) >= 11 is 0. The Morgan fingerprint density at radius 3 is 3.21 bits per heavy atom. The third-order valence-electron chi connectivity index (χ3n) is 2.32. The van der Waals surface area contributed by atoms with Gasteiger partial charge in [0, 0.05) is 18.8 Å². The molecule has 74 valence electrons. The fraction of sp³-hybridized carbons (Fsp3) is 0.400. The number of amides is 1. The number of hydroxylamine groups is 2. The molecule has 0 unspecified atom stereocenters. The summed E-state index contributed by atoms with van der Waals surface area (Å²) in [5.74, 6) is 0. The van der Waals surface area contributed by atoms with Crippen molar-refractivity contribution in [3.63, 3.8) is 0 Å². The van der Waals surface area contributed by atoms with Crippen LogP contribution in [0.2, 0.25) is 0 Å². The first-order valence-electron chi connectivity index (χ1n) is 4.59. The second-order valence-electron chi connectivity index (χ2n) is 3.40. The first kappa shape index (κ1) is 9.15. The van der Waals surface area contributed by atoms with Gasteiger partial charge in [-0.05, 0) is 18.1 Å². The quantitative estimate of drug-likeness (QED) is 0.662. The Labute approximate surface area is 82.5 Å². The highest BCUT2D eigenvalue weighted by atomic mass is 16.7. The topological polar surface area (TPSA) is 42.4 Å². The third-order valence-corrected chi connectivity index (χ3v) is 2.32.